The van der Waals surface area contributed by atoms with Gasteiger partial charge in [-0.2, -0.15) is 0 Å². The number of aromatic nitrogens is 2. The summed E-state index contributed by atoms with van der Waals surface area (Å²) in [5.74, 6) is 1.25. The van der Waals surface area contributed by atoms with Gasteiger partial charge in [-0.25, -0.2) is 23.2 Å². The molecule has 34 heavy (non-hydrogen) atoms. The van der Waals surface area contributed by atoms with Gasteiger partial charge >= 0.3 is 6.03 Å². The van der Waals surface area contributed by atoms with Gasteiger partial charge in [0.15, 0.2) is 15.7 Å². The molecule has 4 aliphatic rings. The van der Waals surface area contributed by atoms with Gasteiger partial charge in [0, 0.05) is 36.4 Å². The number of carbonyl (C=O) groups excluding carboxylic acids is 1. The molecular weight excluding hydrogens is 454 g/mol. The molecule has 0 atom stereocenters. The van der Waals surface area contributed by atoms with Gasteiger partial charge in [0.2, 0.25) is 0 Å². The van der Waals surface area contributed by atoms with Gasteiger partial charge in [-0.05, 0) is 62.8 Å². The van der Waals surface area contributed by atoms with E-state index >= 15 is 0 Å². The maximum absolute atomic E-state index is 13.3. The number of rotatable bonds is 7. The predicted molar refractivity (Wildman–Crippen MR) is 129 cm³/mol. The molecule has 180 valence electrons. The molecule has 6 rings (SSSR count). The minimum absolute atomic E-state index is 0.205. The van der Waals surface area contributed by atoms with Crippen molar-refractivity contribution in [3.05, 3.63) is 36.0 Å². The van der Waals surface area contributed by atoms with Crippen LogP contribution in [0.25, 0.3) is 11.4 Å². The van der Waals surface area contributed by atoms with Crippen LogP contribution in [-0.4, -0.2) is 62.0 Å². The molecule has 2 amide bonds. The van der Waals surface area contributed by atoms with Crippen LogP contribution in [0.4, 0.5) is 16.3 Å². The summed E-state index contributed by atoms with van der Waals surface area (Å²) in [7, 11) is -3.27. The zero-order chi connectivity index (χ0) is 23.3. The second-order valence-electron chi connectivity index (χ2n) is 9.72. The molecule has 3 aliphatic carbocycles. The van der Waals surface area contributed by atoms with Crippen molar-refractivity contribution in [1.29, 1.82) is 0 Å². The lowest BCUT2D eigenvalue weighted by Crippen LogP contribution is -2.37. The average molecular weight is 484 g/mol. The van der Waals surface area contributed by atoms with E-state index in [-0.39, 0.29) is 17.3 Å². The van der Waals surface area contributed by atoms with E-state index in [2.05, 4.69) is 15.5 Å². The summed E-state index contributed by atoms with van der Waals surface area (Å²) in [6, 6.07) is 9.33. The molecular formula is C24H29N5O4S. The van der Waals surface area contributed by atoms with Crippen molar-refractivity contribution in [2.24, 2.45) is 0 Å². The van der Waals surface area contributed by atoms with Gasteiger partial charge in [-0.3, -0.25) is 0 Å². The summed E-state index contributed by atoms with van der Waals surface area (Å²) in [5.41, 5.74) is 2.07. The molecule has 1 aromatic carbocycles. The predicted octanol–water partition coefficient (Wildman–Crippen LogP) is 2.83. The average Bonchev–Trinajstić information content (AvgIpc) is 3.71. The van der Waals surface area contributed by atoms with Crippen LogP contribution < -0.4 is 15.5 Å². The van der Waals surface area contributed by atoms with Crippen LogP contribution in [0.5, 0.6) is 0 Å². The van der Waals surface area contributed by atoms with Crippen LogP contribution in [-0.2, 0) is 19.3 Å². The summed E-state index contributed by atoms with van der Waals surface area (Å²) in [4.78, 5) is 23.8. The SMILES string of the molecule is O=C(Nc1ccc(-c2nc(N3CCOCC3)cc(C3(S(=O)(=O)C4CC4)CC3)n2)cc1)NC1CC1. The fourth-order valence-electron chi connectivity index (χ4n) is 4.53. The number of urea groups is 1. The Balaban J connectivity index is 1.32. The van der Waals surface area contributed by atoms with E-state index in [0.29, 0.717) is 56.4 Å². The zero-order valence-corrected chi connectivity index (χ0v) is 19.8. The Morgan fingerprint density at radius 3 is 2.35 bits per heavy atom. The molecule has 0 spiro atoms. The van der Waals surface area contributed by atoms with E-state index in [9.17, 15) is 13.2 Å². The second kappa shape index (κ2) is 8.20. The molecule has 1 aromatic heterocycles. The molecule has 0 unspecified atom stereocenters. The third-order valence-electron chi connectivity index (χ3n) is 7.04. The first-order valence-electron chi connectivity index (χ1n) is 12.1. The number of hydrogen-bond donors (Lipinski definition) is 2. The van der Waals surface area contributed by atoms with Crippen molar-refractivity contribution >= 4 is 27.4 Å². The van der Waals surface area contributed by atoms with Crippen LogP contribution in [0.15, 0.2) is 30.3 Å². The van der Waals surface area contributed by atoms with Crippen molar-refractivity contribution in [2.45, 2.75) is 54.6 Å². The minimum atomic E-state index is -3.27. The number of hydrogen-bond acceptors (Lipinski definition) is 7. The Kier molecular flexibility index (Phi) is 5.25. The zero-order valence-electron chi connectivity index (χ0n) is 19.0. The van der Waals surface area contributed by atoms with Crippen LogP contribution >= 0.6 is 0 Å². The molecule has 0 bridgehead atoms. The molecule has 4 fully saturated rings. The smallest absolute Gasteiger partial charge is 0.319 e. The summed E-state index contributed by atoms with van der Waals surface area (Å²) in [5, 5.41) is 5.52. The van der Waals surface area contributed by atoms with Gasteiger partial charge < -0.3 is 20.3 Å². The van der Waals surface area contributed by atoms with E-state index in [1.54, 1.807) is 0 Å². The van der Waals surface area contributed by atoms with Crippen LogP contribution in [0.3, 0.4) is 0 Å². The third-order valence-corrected chi connectivity index (χ3v) is 10.1. The summed E-state index contributed by atoms with van der Waals surface area (Å²) in [6.45, 7) is 2.64. The van der Waals surface area contributed by atoms with Gasteiger partial charge in [-0.15, -0.1) is 0 Å². The van der Waals surface area contributed by atoms with Gasteiger partial charge in [-0.1, -0.05) is 0 Å². The molecule has 2 heterocycles. The first-order valence-corrected chi connectivity index (χ1v) is 13.6. The van der Waals surface area contributed by atoms with Crippen molar-refractivity contribution in [3.63, 3.8) is 0 Å². The Hall–Kier alpha value is -2.72. The highest BCUT2D eigenvalue weighted by Gasteiger charge is 2.61. The minimum Gasteiger partial charge on any atom is -0.378 e. The number of carbonyl (C=O) groups is 1. The van der Waals surface area contributed by atoms with Gasteiger partial charge in [0.25, 0.3) is 0 Å². The number of anilines is 2. The van der Waals surface area contributed by atoms with E-state index in [0.717, 1.165) is 37.1 Å². The quantitative estimate of drug-likeness (QED) is 0.623. The highest BCUT2D eigenvalue weighted by atomic mass is 32.2. The number of ether oxygens (including phenoxy) is 1. The van der Waals surface area contributed by atoms with E-state index in [4.69, 9.17) is 14.7 Å². The van der Waals surface area contributed by atoms with Crippen LogP contribution in [0.1, 0.15) is 44.2 Å². The lowest BCUT2D eigenvalue weighted by Gasteiger charge is -2.29. The monoisotopic (exact) mass is 483 g/mol. The molecule has 2 N–H and O–H groups in total. The Morgan fingerprint density at radius 2 is 1.74 bits per heavy atom. The van der Waals surface area contributed by atoms with Crippen LogP contribution in [0, 0.1) is 0 Å². The maximum Gasteiger partial charge on any atom is 0.319 e. The number of sulfone groups is 1. The largest absolute Gasteiger partial charge is 0.378 e. The topological polar surface area (TPSA) is 114 Å². The third kappa shape index (κ3) is 4.13. The van der Waals surface area contributed by atoms with Crippen molar-refractivity contribution in [3.8, 4) is 11.4 Å². The molecule has 3 saturated carbocycles. The van der Waals surface area contributed by atoms with Crippen molar-refractivity contribution in [2.75, 3.05) is 36.5 Å². The lowest BCUT2D eigenvalue weighted by atomic mass is 10.1. The first kappa shape index (κ1) is 21.8. The second-order valence-corrected chi connectivity index (χ2v) is 12.3. The lowest BCUT2D eigenvalue weighted by molar-refractivity contribution is 0.122. The number of nitrogens with zero attached hydrogens (tertiary/aromatic N) is 3. The number of nitrogens with one attached hydrogen (secondary N) is 2. The number of morpholine rings is 1. The summed E-state index contributed by atoms with van der Waals surface area (Å²) in [6.07, 6.45) is 4.79. The number of amides is 2. The van der Waals surface area contributed by atoms with Crippen molar-refractivity contribution < 1.29 is 17.9 Å². The molecule has 10 heteroatoms. The normalized spacial score (nSPS) is 21.7. The molecule has 1 saturated heterocycles. The van der Waals surface area contributed by atoms with Crippen LogP contribution in [0.2, 0.25) is 0 Å². The summed E-state index contributed by atoms with van der Waals surface area (Å²) < 4.78 is 31.2. The van der Waals surface area contributed by atoms with E-state index in [1.165, 1.54) is 0 Å². The standard InChI is InChI=1S/C24H29N5O4S/c30-23(26-18-5-6-18)25-17-3-1-16(2-4-17)22-27-20(15-21(28-22)29-11-13-33-14-12-29)24(9-10-24)34(31,32)19-7-8-19/h1-4,15,18-19H,5-14H2,(H2,25,26,30). The fourth-order valence-corrected chi connectivity index (χ4v) is 6.99. The Morgan fingerprint density at radius 1 is 1.03 bits per heavy atom. The van der Waals surface area contributed by atoms with E-state index < -0.39 is 14.6 Å². The van der Waals surface area contributed by atoms with Gasteiger partial charge in [0.1, 0.15) is 10.6 Å². The maximum atomic E-state index is 13.3. The van der Waals surface area contributed by atoms with Crippen molar-refractivity contribution in [1.82, 2.24) is 15.3 Å². The fraction of sp³-hybridized carbons (Fsp3) is 0.542. The number of benzene rings is 1. The van der Waals surface area contributed by atoms with E-state index in [1.807, 2.05) is 30.3 Å². The molecule has 0 radical (unpaired) electrons. The summed E-state index contributed by atoms with van der Waals surface area (Å²) >= 11 is 0. The highest BCUT2D eigenvalue weighted by molar-refractivity contribution is 7.93. The molecule has 2 aromatic rings. The highest BCUT2D eigenvalue weighted by Crippen LogP contribution is 2.57. The first-order chi connectivity index (χ1) is 16.4. The molecule has 1 aliphatic heterocycles. The Labute approximate surface area is 199 Å². The molecule has 9 nitrogen and oxygen atoms in total. The Bertz CT molecular complexity index is 1200. The van der Waals surface area contributed by atoms with Gasteiger partial charge in [0.05, 0.1) is 24.2 Å².